The summed E-state index contributed by atoms with van der Waals surface area (Å²) in [6, 6.07) is 8.35. The summed E-state index contributed by atoms with van der Waals surface area (Å²) in [4.78, 5) is 32.1. The van der Waals surface area contributed by atoms with E-state index in [4.69, 9.17) is 11.6 Å². The molecular formula is C15H10ClN5O2. The summed E-state index contributed by atoms with van der Waals surface area (Å²) in [5, 5.41) is 3.77. The minimum Gasteiger partial charge on any atom is -0.268 e. The summed E-state index contributed by atoms with van der Waals surface area (Å²) in [6.45, 7) is 0. The molecule has 0 unspecified atom stereocenters. The lowest BCUT2D eigenvalue weighted by Gasteiger charge is -2.03. The van der Waals surface area contributed by atoms with Crippen molar-refractivity contribution in [1.29, 1.82) is 0 Å². The van der Waals surface area contributed by atoms with E-state index in [1.165, 1.54) is 16.8 Å². The van der Waals surface area contributed by atoms with Crippen LogP contribution in [0, 0.1) is 0 Å². The summed E-state index contributed by atoms with van der Waals surface area (Å²) >= 11 is 6.00. The molecule has 3 aromatic rings. The van der Waals surface area contributed by atoms with Gasteiger partial charge in [-0.15, -0.1) is 0 Å². The van der Waals surface area contributed by atoms with Gasteiger partial charge in [0.2, 0.25) is 0 Å². The fraction of sp³-hybridized carbons (Fsp3) is 0. The third-order valence-corrected chi connectivity index (χ3v) is 3.29. The van der Waals surface area contributed by atoms with Gasteiger partial charge in [0, 0.05) is 18.6 Å². The number of halogens is 1. The van der Waals surface area contributed by atoms with Crippen LogP contribution in [0.4, 0.5) is 0 Å². The smallest absolute Gasteiger partial charge is 0.268 e. The maximum atomic E-state index is 12.3. The second kappa shape index (κ2) is 6.37. The predicted octanol–water partition coefficient (Wildman–Crippen LogP) is 1.51. The Morgan fingerprint density at radius 2 is 2.17 bits per heavy atom. The quantitative estimate of drug-likeness (QED) is 0.448. The average molecular weight is 328 g/mol. The van der Waals surface area contributed by atoms with E-state index in [1.54, 1.807) is 42.7 Å². The molecule has 114 valence electrons. The van der Waals surface area contributed by atoms with Gasteiger partial charge in [-0.3, -0.25) is 19.0 Å². The van der Waals surface area contributed by atoms with Crippen molar-refractivity contribution in [1.82, 2.24) is 19.8 Å². The van der Waals surface area contributed by atoms with Crippen molar-refractivity contribution >= 4 is 29.4 Å². The number of hydrogen-bond acceptors (Lipinski definition) is 5. The second-order valence-electron chi connectivity index (χ2n) is 4.49. The number of fused-ring (bicyclic) bond motifs is 1. The average Bonchev–Trinajstić information content (AvgIpc) is 2.58. The predicted molar refractivity (Wildman–Crippen MR) is 85.8 cm³/mol. The summed E-state index contributed by atoms with van der Waals surface area (Å²) in [6.07, 6.45) is 5.71. The van der Waals surface area contributed by atoms with E-state index >= 15 is 0 Å². The first-order valence-electron chi connectivity index (χ1n) is 6.57. The summed E-state index contributed by atoms with van der Waals surface area (Å²) in [7, 11) is 0. The zero-order chi connectivity index (χ0) is 16.2. The maximum Gasteiger partial charge on any atom is 0.272 e. The highest BCUT2D eigenvalue weighted by atomic mass is 35.5. The molecule has 0 fully saturated rings. The number of amides is 1. The molecule has 8 heteroatoms. The molecule has 0 spiro atoms. The molecule has 0 saturated heterocycles. The Morgan fingerprint density at radius 1 is 1.30 bits per heavy atom. The van der Waals surface area contributed by atoms with Gasteiger partial charge in [0.05, 0.1) is 17.3 Å². The number of nitrogens with zero attached hydrogens (tertiary/aromatic N) is 4. The van der Waals surface area contributed by atoms with Gasteiger partial charge in [-0.1, -0.05) is 17.7 Å². The number of nitrogens with one attached hydrogen (secondary N) is 1. The molecule has 23 heavy (non-hydrogen) atoms. The lowest BCUT2D eigenvalue weighted by Crippen LogP contribution is -2.22. The van der Waals surface area contributed by atoms with Crippen molar-refractivity contribution in [2.24, 2.45) is 5.10 Å². The molecule has 0 bridgehead atoms. The molecule has 1 N–H and O–H groups in total. The molecule has 1 amide bonds. The van der Waals surface area contributed by atoms with E-state index in [0.717, 1.165) is 0 Å². The number of carbonyl (C=O) groups is 1. The molecule has 0 saturated carbocycles. The number of carbonyl (C=O) groups excluding carboxylic acids is 1. The number of pyridine rings is 2. The third-order valence-electron chi connectivity index (χ3n) is 3.01. The maximum absolute atomic E-state index is 12.3. The Morgan fingerprint density at radius 3 is 2.96 bits per heavy atom. The van der Waals surface area contributed by atoms with Crippen molar-refractivity contribution in [2.75, 3.05) is 0 Å². The van der Waals surface area contributed by atoms with Gasteiger partial charge in [0.1, 0.15) is 10.8 Å². The van der Waals surface area contributed by atoms with E-state index in [0.29, 0.717) is 11.2 Å². The normalized spacial score (nSPS) is 11.0. The Kier molecular flexibility index (Phi) is 4.11. The Bertz CT molecular complexity index is 953. The zero-order valence-corrected chi connectivity index (χ0v) is 12.4. The first kappa shape index (κ1) is 14.9. The van der Waals surface area contributed by atoms with Crippen LogP contribution in [0.5, 0.6) is 0 Å². The van der Waals surface area contributed by atoms with Crippen molar-refractivity contribution in [3.05, 3.63) is 75.6 Å². The monoisotopic (exact) mass is 327 g/mol. The highest BCUT2D eigenvalue weighted by molar-refractivity contribution is 6.32. The summed E-state index contributed by atoms with van der Waals surface area (Å²) in [5.41, 5.74) is 2.80. The summed E-state index contributed by atoms with van der Waals surface area (Å²) < 4.78 is 1.34. The van der Waals surface area contributed by atoms with E-state index in [1.807, 2.05) is 0 Å². The molecular weight excluding hydrogens is 318 g/mol. The highest BCUT2D eigenvalue weighted by Gasteiger charge is 2.09. The fourth-order valence-corrected chi connectivity index (χ4v) is 2.12. The van der Waals surface area contributed by atoms with Gasteiger partial charge < -0.3 is 0 Å². The lowest BCUT2D eigenvalue weighted by atomic mass is 10.3. The minimum atomic E-state index is -0.445. The van der Waals surface area contributed by atoms with Crippen molar-refractivity contribution in [2.45, 2.75) is 0 Å². The minimum absolute atomic E-state index is 0.0144. The molecule has 0 aliphatic heterocycles. The van der Waals surface area contributed by atoms with Gasteiger partial charge in [-0.05, 0) is 24.3 Å². The Hall–Kier alpha value is -3.06. The largest absolute Gasteiger partial charge is 0.272 e. The number of hydrogen-bond donors (Lipinski definition) is 1. The molecule has 3 aromatic heterocycles. The van der Waals surface area contributed by atoms with Crippen LogP contribution in [0.25, 0.3) is 5.65 Å². The van der Waals surface area contributed by atoms with Gasteiger partial charge in [0.15, 0.2) is 0 Å². The number of hydrazone groups is 1. The van der Waals surface area contributed by atoms with Gasteiger partial charge in [0.25, 0.3) is 11.5 Å². The van der Waals surface area contributed by atoms with Crippen molar-refractivity contribution in [3.8, 4) is 0 Å². The van der Waals surface area contributed by atoms with Crippen LogP contribution in [0.3, 0.4) is 0 Å². The van der Waals surface area contributed by atoms with Crippen LogP contribution in [0.1, 0.15) is 15.9 Å². The van der Waals surface area contributed by atoms with Crippen molar-refractivity contribution < 1.29 is 4.79 Å². The van der Waals surface area contributed by atoms with Crippen LogP contribution in [0.2, 0.25) is 5.15 Å². The first-order chi connectivity index (χ1) is 11.2. The summed E-state index contributed by atoms with van der Waals surface area (Å²) in [5.74, 6) is -0.445. The molecule has 0 atom stereocenters. The van der Waals surface area contributed by atoms with Crippen LogP contribution in [0.15, 0.2) is 58.8 Å². The van der Waals surface area contributed by atoms with Crippen LogP contribution < -0.4 is 11.0 Å². The van der Waals surface area contributed by atoms with Crippen LogP contribution in [-0.2, 0) is 0 Å². The van der Waals surface area contributed by atoms with E-state index < -0.39 is 5.91 Å². The topological polar surface area (TPSA) is 88.7 Å². The van der Waals surface area contributed by atoms with Gasteiger partial charge >= 0.3 is 0 Å². The Balaban J connectivity index is 1.87. The first-order valence-corrected chi connectivity index (χ1v) is 6.95. The van der Waals surface area contributed by atoms with E-state index in [2.05, 4.69) is 20.5 Å². The van der Waals surface area contributed by atoms with Crippen molar-refractivity contribution in [3.63, 3.8) is 0 Å². The van der Waals surface area contributed by atoms with Crippen LogP contribution >= 0.6 is 11.6 Å². The third kappa shape index (κ3) is 3.09. The highest BCUT2D eigenvalue weighted by Crippen LogP contribution is 2.08. The molecule has 0 aliphatic rings. The standard InChI is InChI=1S/C15H10ClN5O2/c16-13-11(15(23)21-7-2-1-5-12(21)19-13)9-18-20-14(22)10-4-3-6-17-8-10/h1-9H,(H,20,22)/b18-9+. The molecule has 0 aliphatic carbocycles. The molecule has 0 aromatic carbocycles. The fourth-order valence-electron chi connectivity index (χ4n) is 1.90. The van der Waals surface area contributed by atoms with E-state index in [9.17, 15) is 9.59 Å². The lowest BCUT2D eigenvalue weighted by molar-refractivity contribution is 0.0955. The number of rotatable bonds is 3. The van der Waals surface area contributed by atoms with E-state index in [-0.39, 0.29) is 16.3 Å². The van der Waals surface area contributed by atoms with Gasteiger partial charge in [-0.25, -0.2) is 10.4 Å². The number of aromatic nitrogens is 3. The molecule has 7 nitrogen and oxygen atoms in total. The second-order valence-corrected chi connectivity index (χ2v) is 4.85. The van der Waals surface area contributed by atoms with Gasteiger partial charge in [-0.2, -0.15) is 5.10 Å². The molecule has 3 rings (SSSR count). The molecule has 3 heterocycles. The SMILES string of the molecule is O=C(N/N=C/c1c(Cl)nc2ccccn2c1=O)c1cccnc1. The molecule has 0 radical (unpaired) electrons. The zero-order valence-electron chi connectivity index (χ0n) is 11.7. The Labute approximate surface area is 135 Å². The van der Waals surface area contributed by atoms with Crippen LogP contribution in [-0.4, -0.2) is 26.5 Å².